The molecule has 2 aromatic rings. The highest BCUT2D eigenvalue weighted by atomic mass is 16.6. The Labute approximate surface area is 139 Å². The fraction of sp³-hybridized carbons (Fsp3) is 0.0667. The zero-order chi connectivity index (χ0) is 18.3. The summed E-state index contributed by atoms with van der Waals surface area (Å²) in [5.41, 5.74) is -1.32. The van der Waals surface area contributed by atoms with Crippen LogP contribution in [0.2, 0.25) is 0 Å². The van der Waals surface area contributed by atoms with Crippen molar-refractivity contribution >= 4 is 28.9 Å². The molecule has 25 heavy (non-hydrogen) atoms. The van der Waals surface area contributed by atoms with E-state index in [-0.39, 0.29) is 28.3 Å². The van der Waals surface area contributed by atoms with Crippen molar-refractivity contribution in [3.8, 4) is 5.75 Å². The van der Waals surface area contributed by atoms with Gasteiger partial charge in [-0.2, -0.15) is 0 Å². The van der Waals surface area contributed by atoms with Crippen LogP contribution in [-0.4, -0.2) is 28.8 Å². The average molecular weight is 343 g/mol. The molecule has 0 atom stereocenters. The SMILES string of the molecule is COc1ccc(N2C(=O)c3ccc([N+](=O)[O-])cc3C2=O)c([N+](=O)[O-])c1. The minimum atomic E-state index is -0.864. The predicted molar refractivity (Wildman–Crippen MR) is 83.9 cm³/mol. The number of amides is 2. The van der Waals surface area contributed by atoms with Crippen molar-refractivity contribution < 1.29 is 24.2 Å². The van der Waals surface area contributed by atoms with Crippen molar-refractivity contribution in [3.05, 3.63) is 67.8 Å². The predicted octanol–water partition coefficient (Wildman–Crippen LogP) is 2.31. The number of nitrogens with zero attached hydrogens (tertiary/aromatic N) is 3. The minimum absolute atomic E-state index is 0.0549. The lowest BCUT2D eigenvalue weighted by Crippen LogP contribution is -2.30. The molecular weight excluding hydrogens is 334 g/mol. The number of fused-ring (bicyclic) bond motifs is 1. The van der Waals surface area contributed by atoms with Crippen LogP contribution in [0.15, 0.2) is 36.4 Å². The first-order chi connectivity index (χ1) is 11.8. The Morgan fingerprint density at radius 2 is 1.60 bits per heavy atom. The highest BCUT2D eigenvalue weighted by Crippen LogP contribution is 2.37. The summed E-state index contributed by atoms with van der Waals surface area (Å²) in [7, 11) is 1.32. The van der Waals surface area contributed by atoms with Crippen LogP contribution in [0.25, 0.3) is 0 Å². The van der Waals surface area contributed by atoms with E-state index in [2.05, 4.69) is 0 Å². The van der Waals surface area contributed by atoms with Gasteiger partial charge >= 0.3 is 0 Å². The van der Waals surface area contributed by atoms with E-state index in [1.165, 1.54) is 19.2 Å². The van der Waals surface area contributed by atoms with Gasteiger partial charge in [0.15, 0.2) is 0 Å². The summed E-state index contributed by atoms with van der Waals surface area (Å²) in [6.45, 7) is 0. The maximum absolute atomic E-state index is 12.5. The molecule has 0 unspecified atom stereocenters. The van der Waals surface area contributed by atoms with Crippen LogP contribution >= 0.6 is 0 Å². The van der Waals surface area contributed by atoms with E-state index in [9.17, 15) is 29.8 Å². The standard InChI is InChI=1S/C15H9N3O7/c1-25-9-3-5-12(13(7-9)18(23)24)16-14(19)10-4-2-8(17(21)22)6-11(10)15(16)20/h2-7H,1H3. The first-order valence-electron chi connectivity index (χ1n) is 6.85. The van der Waals surface area contributed by atoms with Gasteiger partial charge in [-0.15, -0.1) is 0 Å². The molecule has 3 rings (SSSR count). The van der Waals surface area contributed by atoms with E-state index >= 15 is 0 Å². The van der Waals surface area contributed by atoms with Crippen LogP contribution in [0.3, 0.4) is 0 Å². The number of nitro groups is 2. The maximum atomic E-state index is 12.5. The molecule has 1 aliphatic heterocycles. The quantitative estimate of drug-likeness (QED) is 0.472. The first kappa shape index (κ1) is 16.1. The Hall–Kier alpha value is -3.82. The van der Waals surface area contributed by atoms with Gasteiger partial charge in [0.05, 0.1) is 34.1 Å². The number of imide groups is 1. The van der Waals surface area contributed by atoms with Crippen LogP contribution in [-0.2, 0) is 0 Å². The van der Waals surface area contributed by atoms with Crippen molar-refractivity contribution in [2.24, 2.45) is 0 Å². The van der Waals surface area contributed by atoms with Crippen molar-refractivity contribution in [2.75, 3.05) is 12.0 Å². The summed E-state index contributed by atoms with van der Waals surface area (Å²) in [5, 5.41) is 22.1. The molecule has 0 N–H and O–H groups in total. The van der Waals surface area contributed by atoms with E-state index < -0.39 is 27.3 Å². The normalized spacial score (nSPS) is 12.9. The summed E-state index contributed by atoms with van der Waals surface area (Å²) in [6.07, 6.45) is 0. The first-order valence-corrected chi connectivity index (χ1v) is 6.85. The molecule has 1 heterocycles. The second-order valence-electron chi connectivity index (χ2n) is 5.04. The molecule has 0 aromatic heterocycles. The largest absolute Gasteiger partial charge is 0.496 e. The Morgan fingerprint density at radius 1 is 0.920 bits per heavy atom. The number of hydrogen-bond acceptors (Lipinski definition) is 7. The van der Waals surface area contributed by atoms with Gasteiger partial charge < -0.3 is 4.74 Å². The number of non-ortho nitro benzene ring substituents is 1. The number of benzene rings is 2. The Bertz CT molecular complexity index is 954. The molecule has 10 heteroatoms. The third-order valence-electron chi connectivity index (χ3n) is 3.70. The van der Waals surface area contributed by atoms with Gasteiger partial charge in [0.1, 0.15) is 11.4 Å². The lowest BCUT2D eigenvalue weighted by atomic mass is 10.1. The summed E-state index contributed by atoms with van der Waals surface area (Å²) < 4.78 is 4.91. The summed E-state index contributed by atoms with van der Waals surface area (Å²) >= 11 is 0. The van der Waals surface area contributed by atoms with E-state index in [0.717, 1.165) is 24.3 Å². The summed E-state index contributed by atoms with van der Waals surface area (Å²) in [6, 6.07) is 6.90. The van der Waals surface area contributed by atoms with E-state index in [4.69, 9.17) is 4.74 Å². The van der Waals surface area contributed by atoms with Crippen LogP contribution in [0, 0.1) is 20.2 Å². The average Bonchev–Trinajstić information content (AvgIpc) is 2.84. The van der Waals surface area contributed by atoms with Crippen LogP contribution in [0.5, 0.6) is 5.75 Å². The van der Waals surface area contributed by atoms with E-state index in [1.54, 1.807) is 0 Å². The Morgan fingerprint density at radius 3 is 2.20 bits per heavy atom. The van der Waals surface area contributed by atoms with E-state index in [1.807, 2.05) is 0 Å². The number of ether oxygens (including phenoxy) is 1. The number of anilines is 1. The van der Waals surface area contributed by atoms with Crippen LogP contribution < -0.4 is 9.64 Å². The Kier molecular flexibility index (Phi) is 3.64. The molecule has 0 saturated carbocycles. The molecule has 0 radical (unpaired) electrons. The van der Waals surface area contributed by atoms with Crippen molar-refractivity contribution in [1.82, 2.24) is 0 Å². The Balaban J connectivity index is 2.14. The van der Waals surface area contributed by atoms with Crippen molar-refractivity contribution in [1.29, 1.82) is 0 Å². The summed E-state index contributed by atoms with van der Waals surface area (Å²) in [4.78, 5) is 46.4. The zero-order valence-electron chi connectivity index (χ0n) is 12.7. The third-order valence-corrected chi connectivity index (χ3v) is 3.70. The maximum Gasteiger partial charge on any atom is 0.297 e. The molecule has 0 saturated heterocycles. The molecule has 10 nitrogen and oxygen atoms in total. The van der Waals surface area contributed by atoms with E-state index in [0.29, 0.717) is 4.90 Å². The molecule has 0 spiro atoms. The van der Waals surface area contributed by atoms with Gasteiger partial charge in [0, 0.05) is 12.1 Å². The zero-order valence-corrected chi connectivity index (χ0v) is 12.7. The number of methoxy groups -OCH3 is 1. The number of nitro benzene ring substituents is 2. The molecule has 0 bridgehead atoms. The van der Waals surface area contributed by atoms with Gasteiger partial charge in [0.2, 0.25) is 0 Å². The molecule has 1 aliphatic rings. The van der Waals surface area contributed by atoms with Gasteiger partial charge in [-0.1, -0.05) is 0 Å². The molecular formula is C15H9N3O7. The second-order valence-corrected chi connectivity index (χ2v) is 5.04. The third kappa shape index (κ3) is 2.45. The highest BCUT2D eigenvalue weighted by Gasteiger charge is 2.40. The number of carbonyl (C=O) groups excluding carboxylic acids is 2. The number of carbonyl (C=O) groups is 2. The molecule has 0 fully saturated rings. The monoisotopic (exact) mass is 343 g/mol. The summed E-state index contributed by atoms with van der Waals surface area (Å²) in [5.74, 6) is -1.47. The fourth-order valence-corrected chi connectivity index (χ4v) is 2.53. The fourth-order valence-electron chi connectivity index (χ4n) is 2.53. The molecule has 2 amide bonds. The van der Waals surface area contributed by atoms with Gasteiger partial charge in [-0.25, -0.2) is 4.90 Å². The van der Waals surface area contributed by atoms with Gasteiger partial charge in [0.25, 0.3) is 23.2 Å². The number of rotatable bonds is 4. The van der Waals surface area contributed by atoms with Crippen molar-refractivity contribution in [3.63, 3.8) is 0 Å². The smallest absolute Gasteiger partial charge is 0.297 e. The van der Waals surface area contributed by atoms with Gasteiger partial charge in [-0.05, 0) is 18.2 Å². The molecule has 2 aromatic carbocycles. The van der Waals surface area contributed by atoms with Gasteiger partial charge in [-0.3, -0.25) is 29.8 Å². The molecule has 126 valence electrons. The van der Waals surface area contributed by atoms with Crippen LogP contribution in [0.4, 0.5) is 17.1 Å². The molecule has 0 aliphatic carbocycles. The lowest BCUT2D eigenvalue weighted by Gasteiger charge is -2.14. The van der Waals surface area contributed by atoms with Crippen molar-refractivity contribution in [2.45, 2.75) is 0 Å². The van der Waals surface area contributed by atoms with Crippen LogP contribution in [0.1, 0.15) is 20.7 Å². The minimum Gasteiger partial charge on any atom is -0.496 e. The highest BCUT2D eigenvalue weighted by molar-refractivity contribution is 6.35. The second kappa shape index (κ2) is 5.67. The lowest BCUT2D eigenvalue weighted by molar-refractivity contribution is -0.384. The number of hydrogen-bond donors (Lipinski definition) is 0. The topological polar surface area (TPSA) is 133 Å².